The summed E-state index contributed by atoms with van der Waals surface area (Å²) < 4.78 is 5.08. The minimum absolute atomic E-state index is 0.226. The lowest BCUT2D eigenvalue weighted by atomic mass is 9.84. The largest absolute Gasteiger partial charge is 0.480 e. The molecule has 10 heteroatoms. The molecule has 2 fully saturated rings. The number of urea groups is 1. The molecule has 2 aliphatic rings. The first kappa shape index (κ1) is 25.9. The zero-order valence-electron chi connectivity index (χ0n) is 19.0. The molecule has 10 nitrogen and oxygen atoms in total. The van der Waals surface area contributed by atoms with Crippen LogP contribution in [0.25, 0.3) is 0 Å². The summed E-state index contributed by atoms with van der Waals surface area (Å²) >= 11 is 0. The Morgan fingerprint density at radius 1 is 1.06 bits per heavy atom. The minimum atomic E-state index is -1.13. The van der Waals surface area contributed by atoms with E-state index in [2.05, 4.69) is 16.0 Å². The summed E-state index contributed by atoms with van der Waals surface area (Å²) in [6.07, 6.45) is 8.23. The van der Waals surface area contributed by atoms with E-state index in [-0.39, 0.29) is 18.9 Å². The zero-order chi connectivity index (χ0) is 23.6. The summed E-state index contributed by atoms with van der Waals surface area (Å²) in [5.41, 5.74) is 4.44. The monoisotopic (exact) mass is 454 g/mol. The van der Waals surface area contributed by atoms with Gasteiger partial charge in [0, 0.05) is 0 Å². The number of esters is 1. The molecular weight excluding hydrogens is 416 g/mol. The molecule has 32 heavy (non-hydrogen) atoms. The van der Waals surface area contributed by atoms with Crippen LogP contribution < -0.4 is 21.7 Å². The smallest absolute Gasteiger partial charge is 0.331 e. The third-order valence-electron chi connectivity index (χ3n) is 6.24. The van der Waals surface area contributed by atoms with Crippen molar-refractivity contribution < 1.29 is 29.0 Å². The first-order chi connectivity index (χ1) is 15.3. The quantitative estimate of drug-likeness (QED) is 0.208. The maximum Gasteiger partial charge on any atom is 0.331 e. The third-order valence-corrected chi connectivity index (χ3v) is 6.24. The summed E-state index contributed by atoms with van der Waals surface area (Å²) in [6, 6.07) is -2.63. The first-order valence-electron chi connectivity index (χ1n) is 11.8. The van der Waals surface area contributed by atoms with Crippen molar-refractivity contribution in [1.29, 1.82) is 0 Å². The fraction of sp³-hybridized carbons (Fsp3) is 0.818. The van der Waals surface area contributed by atoms with Crippen molar-refractivity contribution in [1.82, 2.24) is 16.0 Å². The molecule has 0 spiro atoms. The predicted molar refractivity (Wildman–Crippen MR) is 118 cm³/mol. The number of hydrogen-bond acceptors (Lipinski definition) is 6. The SMILES string of the molecule is CCOC(=O)C1(NC(=O)C(CC2CCCCC2)NC(=O)N[C@@H](CCCCN)C(=O)O)CC1. The molecule has 0 aromatic rings. The topological polar surface area (TPSA) is 160 Å². The van der Waals surface area contributed by atoms with E-state index in [1.165, 1.54) is 0 Å². The fourth-order valence-corrected chi connectivity index (χ4v) is 4.19. The maximum absolute atomic E-state index is 13.1. The molecule has 0 aromatic heterocycles. The number of aliphatic carboxylic acids is 1. The van der Waals surface area contributed by atoms with Crippen LogP contribution >= 0.6 is 0 Å². The van der Waals surface area contributed by atoms with Gasteiger partial charge in [-0.1, -0.05) is 32.1 Å². The molecule has 2 aliphatic carbocycles. The number of carboxylic acids is 1. The van der Waals surface area contributed by atoms with Gasteiger partial charge in [0.05, 0.1) is 6.61 Å². The van der Waals surface area contributed by atoms with E-state index in [0.29, 0.717) is 38.6 Å². The van der Waals surface area contributed by atoms with Crippen molar-refractivity contribution in [2.45, 2.75) is 95.2 Å². The molecular formula is C22H38N4O6. The van der Waals surface area contributed by atoms with Crippen LogP contribution in [-0.2, 0) is 19.1 Å². The number of carboxylic acid groups (broad SMARTS) is 1. The van der Waals surface area contributed by atoms with Crippen LogP contribution in [0.15, 0.2) is 0 Å². The lowest BCUT2D eigenvalue weighted by molar-refractivity contribution is -0.149. The molecule has 2 saturated carbocycles. The first-order valence-corrected chi connectivity index (χ1v) is 11.8. The summed E-state index contributed by atoms with van der Waals surface area (Å²) in [6.45, 7) is 2.38. The van der Waals surface area contributed by atoms with Gasteiger partial charge in [0.25, 0.3) is 0 Å². The Morgan fingerprint density at radius 3 is 2.28 bits per heavy atom. The van der Waals surface area contributed by atoms with Gasteiger partial charge < -0.3 is 31.5 Å². The number of amides is 3. The Bertz CT molecular complexity index is 661. The van der Waals surface area contributed by atoms with E-state index in [0.717, 1.165) is 32.1 Å². The predicted octanol–water partition coefficient (Wildman–Crippen LogP) is 1.42. The van der Waals surface area contributed by atoms with Crippen molar-refractivity contribution in [3.63, 3.8) is 0 Å². The highest BCUT2D eigenvalue weighted by atomic mass is 16.5. The second kappa shape index (κ2) is 12.6. The number of carbonyl (C=O) groups excluding carboxylic acids is 3. The Morgan fingerprint density at radius 2 is 1.72 bits per heavy atom. The molecule has 0 bridgehead atoms. The van der Waals surface area contributed by atoms with Crippen LogP contribution in [0.5, 0.6) is 0 Å². The van der Waals surface area contributed by atoms with E-state index in [4.69, 9.17) is 10.5 Å². The number of nitrogens with one attached hydrogen (secondary N) is 3. The Kier molecular flexibility index (Phi) is 10.2. The van der Waals surface area contributed by atoms with Crippen LogP contribution in [0, 0.1) is 5.92 Å². The number of hydrogen-bond donors (Lipinski definition) is 5. The van der Waals surface area contributed by atoms with Gasteiger partial charge in [-0.3, -0.25) is 4.79 Å². The van der Waals surface area contributed by atoms with Crippen LogP contribution in [0.3, 0.4) is 0 Å². The molecule has 0 saturated heterocycles. The highest BCUT2D eigenvalue weighted by Gasteiger charge is 2.53. The second-order valence-electron chi connectivity index (χ2n) is 8.88. The number of ether oxygens (including phenoxy) is 1. The van der Waals surface area contributed by atoms with E-state index < -0.39 is 41.5 Å². The Labute approximate surface area is 189 Å². The van der Waals surface area contributed by atoms with Gasteiger partial charge >= 0.3 is 18.0 Å². The van der Waals surface area contributed by atoms with E-state index in [1.807, 2.05) is 0 Å². The van der Waals surface area contributed by atoms with Gasteiger partial charge in [0.2, 0.25) is 5.91 Å². The molecule has 0 heterocycles. The third kappa shape index (κ3) is 7.96. The van der Waals surface area contributed by atoms with Crippen LogP contribution in [0.4, 0.5) is 4.79 Å². The zero-order valence-corrected chi connectivity index (χ0v) is 19.0. The van der Waals surface area contributed by atoms with Crippen molar-refractivity contribution in [2.24, 2.45) is 11.7 Å². The lowest BCUT2D eigenvalue weighted by Gasteiger charge is -2.28. The molecule has 2 rings (SSSR count). The molecule has 0 aliphatic heterocycles. The van der Waals surface area contributed by atoms with Crippen LogP contribution in [0.1, 0.15) is 77.6 Å². The maximum atomic E-state index is 13.1. The van der Waals surface area contributed by atoms with E-state index in [1.54, 1.807) is 6.92 Å². The standard InChI is InChI=1S/C22H38N4O6/c1-2-32-20(30)22(11-12-22)26-18(27)17(14-15-8-4-3-5-9-15)25-21(31)24-16(19(28)29)10-6-7-13-23/h15-17H,2-14,23H2,1H3,(H,26,27)(H,28,29)(H2,24,25,31)/t16-,17?/m0/s1. The van der Waals surface area contributed by atoms with Crippen LogP contribution in [0.2, 0.25) is 0 Å². The molecule has 182 valence electrons. The number of nitrogens with two attached hydrogens (primary N) is 1. The van der Waals surface area contributed by atoms with E-state index in [9.17, 15) is 24.3 Å². The van der Waals surface area contributed by atoms with Crippen LogP contribution in [-0.4, -0.2) is 59.8 Å². The number of carbonyl (C=O) groups is 4. The molecule has 1 unspecified atom stereocenters. The van der Waals surface area contributed by atoms with Crippen molar-refractivity contribution in [2.75, 3.05) is 13.2 Å². The molecule has 0 aromatic carbocycles. The van der Waals surface area contributed by atoms with Gasteiger partial charge in [-0.15, -0.1) is 0 Å². The van der Waals surface area contributed by atoms with Crippen molar-refractivity contribution in [3.8, 4) is 0 Å². The van der Waals surface area contributed by atoms with Crippen molar-refractivity contribution in [3.05, 3.63) is 0 Å². The van der Waals surface area contributed by atoms with Gasteiger partial charge in [-0.05, 0) is 57.9 Å². The molecule has 6 N–H and O–H groups in total. The van der Waals surface area contributed by atoms with Gasteiger partial charge in [0.15, 0.2) is 0 Å². The van der Waals surface area contributed by atoms with Gasteiger partial charge in [-0.2, -0.15) is 0 Å². The highest BCUT2D eigenvalue weighted by Crippen LogP contribution is 2.37. The molecule has 2 atom stereocenters. The number of rotatable bonds is 13. The Hall–Kier alpha value is -2.36. The van der Waals surface area contributed by atoms with Crippen molar-refractivity contribution >= 4 is 23.9 Å². The van der Waals surface area contributed by atoms with Gasteiger partial charge in [-0.25, -0.2) is 14.4 Å². The fourth-order valence-electron chi connectivity index (χ4n) is 4.19. The number of unbranched alkanes of at least 4 members (excludes halogenated alkanes) is 1. The van der Waals surface area contributed by atoms with Gasteiger partial charge in [0.1, 0.15) is 17.6 Å². The molecule has 3 amide bonds. The summed E-state index contributed by atoms with van der Waals surface area (Å²) in [5, 5.41) is 17.3. The lowest BCUT2D eigenvalue weighted by Crippen LogP contribution is -2.56. The average molecular weight is 455 g/mol. The average Bonchev–Trinajstić information content (AvgIpc) is 3.54. The van der Waals surface area contributed by atoms with E-state index >= 15 is 0 Å². The Balaban J connectivity index is 2.01. The molecule has 0 radical (unpaired) electrons. The summed E-state index contributed by atoms with van der Waals surface area (Å²) in [7, 11) is 0. The second-order valence-corrected chi connectivity index (χ2v) is 8.88. The minimum Gasteiger partial charge on any atom is -0.480 e. The summed E-state index contributed by atoms with van der Waals surface area (Å²) in [4.78, 5) is 49.4. The normalized spacial score (nSPS) is 19.3. The summed E-state index contributed by atoms with van der Waals surface area (Å²) in [5.74, 6) is -1.74. The highest BCUT2D eigenvalue weighted by molar-refractivity contribution is 5.94.